The van der Waals surface area contributed by atoms with Crippen molar-refractivity contribution in [2.24, 2.45) is 0 Å². The van der Waals surface area contributed by atoms with Gasteiger partial charge in [0.1, 0.15) is 11.9 Å². The topological polar surface area (TPSA) is 102 Å². The lowest BCUT2D eigenvalue weighted by atomic mass is 9.89. The van der Waals surface area contributed by atoms with Crippen molar-refractivity contribution in [2.45, 2.75) is 18.5 Å². The average Bonchev–Trinajstić information content (AvgIpc) is 2.79. The summed E-state index contributed by atoms with van der Waals surface area (Å²) in [5, 5.41) is 18.3. The number of nitrogens with zero attached hydrogens (tertiary/aromatic N) is 3. The standard InChI is InChI=1S/C23H23FN4O3/c1-31-23(30)15-8-6-14(7-9-15)16-10-17(24)13-28(12-16)20-11-19(26-27-22(20)25)18-4-2-3-5-21(18)29/h2-9,11,16-17,29H,10,12-13H2,1H3,(H2,25,27). The number of hydrogen-bond acceptors (Lipinski definition) is 7. The number of phenolic OH excluding ortho intramolecular Hbond substituents is 1. The molecule has 3 N–H and O–H groups in total. The van der Waals surface area contributed by atoms with Crippen molar-refractivity contribution in [2.75, 3.05) is 30.8 Å². The zero-order valence-electron chi connectivity index (χ0n) is 17.0. The van der Waals surface area contributed by atoms with Crippen LogP contribution in [0.25, 0.3) is 11.3 Å². The molecule has 0 saturated carbocycles. The van der Waals surface area contributed by atoms with Crippen LogP contribution in [0.2, 0.25) is 0 Å². The van der Waals surface area contributed by atoms with E-state index < -0.39 is 12.1 Å². The molecule has 1 aromatic heterocycles. The summed E-state index contributed by atoms with van der Waals surface area (Å²) < 4.78 is 19.4. The second-order valence-electron chi connectivity index (χ2n) is 7.57. The lowest BCUT2D eigenvalue weighted by Gasteiger charge is -2.36. The van der Waals surface area contributed by atoms with E-state index in [0.717, 1.165) is 5.56 Å². The number of benzene rings is 2. The molecular formula is C23H23FN4O3. The van der Waals surface area contributed by atoms with E-state index in [1.165, 1.54) is 7.11 Å². The summed E-state index contributed by atoms with van der Waals surface area (Å²) in [5.74, 6) is -0.213. The Bertz CT molecular complexity index is 1090. The number of carbonyl (C=O) groups is 1. The second kappa shape index (κ2) is 8.59. The molecule has 1 saturated heterocycles. The Kier molecular flexibility index (Phi) is 5.70. The van der Waals surface area contributed by atoms with Gasteiger partial charge in [0.25, 0.3) is 0 Å². The van der Waals surface area contributed by atoms with Crippen molar-refractivity contribution in [3.8, 4) is 17.0 Å². The summed E-state index contributed by atoms with van der Waals surface area (Å²) in [5.41, 5.74) is 9.03. The fraction of sp³-hybridized carbons (Fsp3) is 0.261. The smallest absolute Gasteiger partial charge is 0.337 e. The number of ether oxygens (including phenoxy) is 1. The first-order valence-corrected chi connectivity index (χ1v) is 9.95. The van der Waals surface area contributed by atoms with E-state index in [4.69, 9.17) is 10.5 Å². The van der Waals surface area contributed by atoms with Gasteiger partial charge in [-0.25, -0.2) is 9.18 Å². The highest BCUT2D eigenvalue weighted by Crippen LogP contribution is 2.36. The Morgan fingerprint density at radius 3 is 2.61 bits per heavy atom. The van der Waals surface area contributed by atoms with Gasteiger partial charge in [0.15, 0.2) is 5.82 Å². The lowest BCUT2D eigenvalue weighted by Crippen LogP contribution is -2.41. The van der Waals surface area contributed by atoms with Crippen LogP contribution in [0.3, 0.4) is 0 Å². The largest absolute Gasteiger partial charge is 0.507 e. The van der Waals surface area contributed by atoms with E-state index in [1.807, 2.05) is 17.0 Å². The van der Waals surface area contributed by atoms with Gasteiger partial charge in [-0.05, 0) is 42.3 Å². The molecule has 7 nitrogen and oxygen atoms in total. The van der Waals surface area contributed by atoms with Crippen molar-refractivity contribution in [1.29, 1.82) is 0 Å². The summed E-state index contributed by atoms with van der Waals surface area (Å²) >= 11 is 0. The van der Waals surface area contributed by atoms with Gasteiger partial charge >= 0.3 is 5.97 Å². The van der Waals surface area contributed by atoms with Crippen molar-refractivity contribution in [3.05, 3.63) is 65.7 Å². The molecule has 1 fully saturated rings. The van der Waals surface area contributed by atoms with Crippen molar-refractivity contribution < 1.29 is 19.0 Å². The van der Waals surface area contributed by atoms with Crippen LogP contribution in [0.15, 0.2) is 54.6 Å². The number of aromatic hydroxyl groups is 1. The van der Waals surface area contributed by atoms with Gasteiger partial charge in [-0.3, -0.25) is 0 Å². The molecule has 31 heavy (non-hydrogen) atoms. The van der Waals surface area contributed by atoms with Gasteiger partial charge in [0.05, 0.1) is 24.1 Å². The molecule has 3 aromatic rings. The number of anilines is 2. The highest BCUT2D eigenvalue weighted by atomic mass is 19.1. The van der Waals surface area contributed by atoms with E-state index in [0.29, 0.717) is 35.5 Å². The first-order chi connectivity index (χ1) is 15.0. The number of nitrogens with two attached hydrogens (primary N) is 1. The van der Waals surface area contributed by atoms with Crippen LogP contribution in [0.1, 0.15) is 28.3 Å². The molecule has 2 atom stereocenters. The molecule has 0 aliphatic carbocycles. The number of methoxy groups -OCH3 is 1. The minimum Gasteiger partial charge on any atom is -0.507 e. The average molecular weight is 422 g/mol. The maximum absolute atomic E-state index is 14.7. The Balaban J connectivity index is 1.62. The number of alkyl halides is 1. The Morgan fingerprint density at radius 1 is 1.16 bits per heavy atom. The van der Waals surface area contributed by atoms with Gasteiger partial charge in [-0.15, -0.1) is 10.2 Å². The van der Waals surface area contributed by atoms with Gasteiger partial charge in [0.2, 0.25) is 0 Å². The van der Waals surface area contributed by atoms with Crippen LogP contribution in [-0.4, -0.2) is 47.6 Å². The molecular weight excluding hydrogens is 399 g/mol. The zero-order valence-corrected chi connectivity index (χ0v) is 17.0. The summed E-state index contributed by atoms with van der Waals surface area (Å²) in [4.78, 5) is 13.5. The third kappa shape index (κ3) is 4.28. The van der Waals surface area contributed by atoms with Crippen molar-refractivity contribution in [3.63, 3.8) is 0 Å². The minimum absolute atomic E-state index is 0.0816. The van der Waals surface area contributed by atoms with Crippen LogP contribution in [0.4, 0.5) is 15.9 Å². The summed E-state index contributed by atoms with van der Waals surface area (Å²) in [7, 11) is 1.33. The molecule has 8 heteroatoms. The highest BCUT2D eigenvalue weighted by Gasteiger charge is 2.30. The number of para-hydroxylation sites is 1. The Hall–Kier alpha value is -3.68. The second-order valence-corrected chi connectivity index (χ2v) is 7.57. The van der Waals surface area contributed by atoms with Crippen LogP contribution < -0.4 is 10.6 Å². The number of nitrogen functional groups attached to an aromatic ring is 1. The quantitative estimate of drug-likeness (QED) is 0.620. The number of rotatable bonds is 4. The molecule has 160 valence electrons. The summed E-state index contributed by atoms with van der Waals surface area (Å²) in [6.45, 7) is 0.723. The molecule has 4 rings (SSSR count). The van der Waals surface area contributed by atoms with E-state index in [-0.39, 0.29) is 24.0 Å². The lowest BCUT2D eigenvalue weighted by molar-refractivity contribution is 0.0600. The third-order valence-electron chi connectivity index (χ3n) is 5.52. The number of piperidine rings is 1. The fourth-order valence-electron chi connectivity index (χ4n) is 3.95. The molecule has 0 bridgehead atoms. The van der Waals surface area contributed by atoms with Crippen LogP contribution in [-0.2, 0) is 4.74 Å². The number of carbonyl (C=O) groups excluding carboxylic acids is 1. The van der Waals surface area contributed by atoms with Crippen LogP contribution in [0.5, 0.6) is 5.75 Å². The maximum atomic E-state index is 14.7. The summed E-state index contributed by atoms with van der Waals surface area (Å²) in [6.07, 6.45) is -0.682. The predicted octanol–water partition coefficient (Wildman–Crippen LogP) is 3.55. The molecule has 0 spiro atoms. The predicted molar refractivity (Wildman–Crippen MR) is 116 cm³/mol. The summed E-state index contributed by atoms with van der Waals surface area (Å²) in [6, 6.07) is 15.6. The molecule has 0 amide bonds. The van der Waals surface area contributed by atoms with E-state index in [2.05, 4.69) is 10.2 Å². The van der Waals surface area contributed by atoms with Gasteiger partial charge < -0.3 is 20.5 Å². The highest BCUT2D eigenvalue weighted by molar-refractivity contribution is 5.89. The Morgan fingerprint density at radius 2 is 1.90 bits per heavy atom. The first kappa shape index (κ1) is 20.6. The third-order valence-corrected chi connectivity index (χ3v) is 5.52. The van der Waals surface area contributed by atoms with Gasteiger partial charge in [-0.2, -0.15) is 0 Å². The normalized spacial score (nSPS) is 18.6. The molecule has 2 unspecified atom stereocenters. The molecule has 0 radical (unpaired) electrons. The van der Waals surface area contributed by atoms with Crippen LogP contribution >= 0.6 is 0 Å². The number of halogens is 1. The first-order valence-electron chi connectivity index (χ1n) is 9.95. The zero-order chi connectivity index (χ0) is 22.0. The molecule has 1 aliphatic heterocycles. The number of aromatic nitrogens is 2. The van der Waals surface area contributed by atoms with Crippen LogP contribution in [0, 0.1) is 0 Å². The number of hydrogen-bond donors (Lipinski definition) is 2. The SMILES string of the molecule is COC(=O)c1ccc(C2CC(F)CN(c3cc(-c4ccccc4O)nnc3N)C2)cc1. The van der Waals surface area contributed by atoms with Gasteiger partial charge in [0, 0.05) is 24.6 Å². The Labute approximate surface area is 179 Å². The van der Waals surface area contributed by atoms with E-state index in [9.17, 15) is 14.3 Å². The van der Waals surface area contributed by atoms with Gasteiger partial charge in [-0.1, -0.05) is 24.3 Å². The minimum atomic E-state index is -1.06. The molecule has 2 heterocycles. The van der Waals surface area contributed by atoms with E-state index >= 15 is 0 Å². The number of esters is 1. The molecule has 2 aromatic carbocycles. The van der Waals surface area contributed by atoms with E-state index in [1.54, 1.807) is 42.5 Å². The van der Waals surface area contributed by atoms with Crippen molar-refractivity contribution in [1.82, 2.24) is 10.2 Å². The van der Waals surface area contributed by atoms with Crippen molar-refractivity contribution >= 4 is 17.5 Å². The maximum Gasteiger partial charge on any atom is 0.337 e. The monoisotopic (exact) mass is 422 g/mol. The molecule has 1 aliphatic rings. The number of phenols is 1. The fourth-order valence-corrected chi connectivity index (χ4v) is 3.95.